The van der Waals surface area contributed by atoms with Crippen molar-refractivity contribution >= 4 is 27.3 Å². The Bertz CT molecular complexity index is 532. The van der Waals surface area contributed by atoms with Crippen molar-refractivity contribution in [3.63, 3.8) is 0 Å². The molecule has 19 heavy (non-hydrogen) atoms. The van der Waals surface area contributed by atoms with Crippen molar-refractivity contribution < 1.29 is 13.2 Å². The van der Waals surface area contributed by atoms with Crippen LogP contribution in [0, 0.1) is 0 Å². The molecule has 0 heterocycles. The predicted molar refractivity (Wildman–Crippen MR) is 77.3 cm³/mol. The van der Waals surface area contributed by atoms with E-state index >= 15 is 0 Å². The summed E-state index contributed by atoms with van der Waals surface area (Å²) in [5.41, 5.74) is 0.684. The second-order valence-electron chi connectivity index (χ2n) is 4.43. The lowest BCUT2D eigenvalue weighted by molar-refractivity contribution is 0.190. The van der Waals surface area contributed by atoms with E-state index in [1.807, 2.05) is 6.92 Å². The Morgan fingerprint density at radius 2 is 2.05 bits per heavy atom. The van der Waals surface area contributed by atoms with Gasteiger partial charge in [-0.05, 0) is 25.1 Å². The molecule has 0 aromatic heterocycles. The molecule has 0 aliphatic heterocycles. The summed E-state index contributed by atoms with van der Waals surface area (Å²) in [6, 6.07) is 4.71. The number of sulfonamides is 1. The lowest BCUT2D eigenvalue weighted by atomic mass is 10.3. The highest BCUT2D eigenvalue weighted by molar-refractivity contribution is 7.89. The summed E-state index contributed by atoms with van der Waals surface area (Å²) in [6.45, 7) is 2.48. The minimum Gasteiger partial charge on any atom is -0.383 e. The van der Waals surface area contributed by atoms with Gasteiger partial charge in [0.05, 0.1) is 22.2 Å². The topological polar surface area (TPSA) is 58.6 Å². The first kappa shape index (κ1) is 16.2. The molecule has 0 fully saturated rings. The van der Waals surface area contributed by atoms with E-state index in [9.17, 15) is 8.42 Å². The van der Waals surface area contributed by atoms with Gasteiger partial charge < -0.3 is 10.1 Å². The van der Waals surface area contributed by atoms with Gasteiger partial charge in [0.2, 0.25) is 10.0 Å². The van der Waals surface area contributed by atoms with Crippen molar-refractivity contribution in [3.05, 3.63) is 23.2 Å². The number of methoxy groups -OCH3 is 1. The van der Waals surface area contributed by atoms with Crippen molar-refractivity contribution in [2.45, 2.75) is 17.9 Å². The van der Waals surface area contributed by atoms with E-state index < -0.39 is 10.0 Å². The molecule has 108 valence electrons. The van der Waals surface area contributed by atoms with Crippen LogP contribution >= 0.6 is 11.6 Å². The number of ether oxygens (including phenoxy) is 1. The zero-order valence-corrected chi connectivity index (χ0v) is 13.0. The summed E-state index contributed by atoms with van der Waals surface area (Å²) >= 11 is 6.10. The molecule has 1 atom stereocenters. The average Bonchev–Trinajstić information content (AvgIpc) is 2.31. The minimum absolute atomic E-state index is 0.0822. The first-order chi connectivity index (χ1) is 8.78. The molecule has 1 N–H and O–H groups in total. The van der Waals surface area contributed by atoms with Crippen LogP contribution in [0.25, 0.3) is 0 Å². The van der Waals surface area contributed by atoms with Gasteiger partial charge in [0.1, 0.15) is 0 Å². The monoisotopic (exact) mass is 306 g/mol. The molecule has 0 saturated carbocycles. The van der Waals surface area contributed by atoms with Crippen LogP contribution in [-0.4, -0.2) is 46.6 Å². The number of rotatable bonds is 6. The maximum atomic E-state index is 11.9. The molecule has 0 bridgehead atoms. The van der Waals surface area contributed by atoms with Gasteiger partial charge in [-0.2, -0.15) is 0 Å². The molecule has 0 aliphatic rings. The van der Waals surface area contributed by atoms with Gasteiger partial charge in [-0.3, -0.25) is 0 Å². The van der Waals surface area contributed by atoms with Crippen molar-refractivity contribution in [1.29, 1.82) is 0 Å². The van der Waals surface area contributed by atoms with E-state index in [-0.39, 0.29) is 10.9 Å². The van der Waals surface area contributed by atoms with Gasteiger partial charge in [0, 0.05) is 27.2 Å². The first-order valence-corrected chi connectivity index (χ1v) is 7.58. The number of benzene rings is 1. The van der Waals surface area contributed by atoms with Crippen molar-refractivity contribution in [1.82, 2.24) is 4.31 Å². The smallest absolute Gasteiger partial charge is 0.242 e. The van der Waals surface area contributed by atoms with Crippen molar-refractivity contribution in [2.75, 3.05) is 33.1 Å². The minimum atomic E-state index is -3.46. The summed E-state index contributed by atoms with van der Waals surface area (Å²) in [5.74, 6) is 0. The Hall–Kier alpha value is -0.820. The fourth-order valence-corrected chi connectivity index (χ4v) is 2.77. The van der Waals surface area contributed by atoms with Gasteiger partial charge in [0.25, 0.3) is 0 Å². The summed E-state index contributed by atoms with van der Waals surface area (Å²) in [5, 5.41) is 3.52. The largest absolute Gasteiger partial charge is 0.383 e. The Morgan fingerprint density at radius 1 is 1.42 bits per heavy atom. The molecule has 0 aliphatic carbocycles. The molecular formula is C12H19ClN2O3S. The molecule has 1 rings (SSSR count). The molecule has 1 unspecified atom stereocenters. The fraction of sp³-hybridized carbons (Fsp3) is 0.500. The van der Waals surface area contributed by atoms with Crippen LogP contribution < -0.4 is 5.32 Å². The lowest BCUT2D eigenvalue weighted by Gasteiger charge is -2.17. The van der Waals surface area contributed by atoms with E-state index in [4.69, 9.17) is 16.3 Å². The SMILES string of the molecule is COCC(C)Nc1ccc(S(=O)(=O)N(C)C)cc1Cl. The highest BCUT2D eigenvalue weighted by Crippen LogP contribution is 2.26. The maximum absolute atomic E-state index is 11.9. The summed E-state index contributed by atoms with van der Waals surface area (Å²) in [7, 11) is 1.12. The van der Waals surface area contributed by atoms with Gasteiger partial charge in [-0.25, -0.2) is 12.7 Å². The van der Waals surface area contributed by atoms with Crippen LogP contribution in [0.5, 0.6) is 0 Å². The van der Waals surface area contributed by atoms with Crippen LogP contribution in [0.4, 0.5) is 5.69 Å². The molecule has 0 spiro atoms. The highest BCUT2D eigenvalue weighted by Gasteiger charge is 2.18. The van der Waals surface area contributed by atoms with Crippen LogP contribution in [0.15, 0.2) is 23.1 Å². The molecule has 7 heteroatoms. The number of anilines is 1. The third-order valence-electron chi connectivity index (χ3n) is 2.54. The van der Waals surface area contributed by atoms with Crippen molar-refractivity contribution in [3.8, 4) is 0 Å². The molecule has 5 nitrogen and oxygen atoms in total. The molecule has 1 aromatic carbocycles. The number of nitrogens with one attached hydrogen (secondary N) is 1. The van der Waals surface area contributed by atoms with E-state index in [0.29, 0.717) is 17.3 Å². The quantitative estimate of drug-likeness (QED) is 0.874. The molecule has 1 aromatic rings. The number of hydrogen-bond donors (Lipinski definition) is 1. The molecule has 0 amide bonds. The number of halogens is 1. The predicted octanol–water partition coefficient (Wildman–Crippen LogP) is 2.04. The second kappa shape index (κ2) is 6.56. The van der Waals surface area contributed by atoms with Crippen LogP contribution in [0.2, 0.25) is 5.02 Å². The second-order valence-corrected chi connectivity index (χ2v) is 6.99. The van der Waals surface area contributed by atoms with Gasteiger partial charge in [-0.1, -0.05) is 11.6 Å². The van der Waals surface area contributed by atoms with Gasteiger partial charge in [-0.15, -0.1) is 0 Å². The van der Waals surface area contributed by atoms with Gasteiger partial charge >= 0.3 is 0 Å². The molecular weight excluding hydrogens is 288 g/mol. The third-order valence-corrected chi connectivity index (χ3v) is 4.66. The van der Waals surface area contributed by atoms with E-state index in [1.165, 1.54) is 26.2 Å². The van der Waals surface area contributed by atoms with Crippen LogP contribution in [0.1, 0.15) is 6.92 Å². The zero-order chi connectivity index (χ0) is 14.6. The Morgan fingerprint density at radius 3 is 2.53 bits per heavy atom. The Kier molecular flexibility index (Phi) is 5.61. The average molecular weight is 307 g/mol. The van der Waals surface area contributed by atoms with E-state index in [2.05, 4.69) is 5.32 Å². The normalized spacial score (nSPS) is 13.6. The highest BCUT2D eigenvalue weighted by atomic mass is 35.5. The Balaban J connectivity index is 2.99. The maximum Gasteiger partial charge on any atom is 0.242 e. The summed E-state index contributed by atoms with van der Waals surface area (Å²) < 4.78 is 30.1. The van der Waals surface area contributed by atoms with E-state index in [1.54, 1.807) is 13.2 Å². The standard InChI is InChI=1S/C12H19ClN2O3S/c1-9(8-18-4)14-12-6-5-10(7-11(12)13)19(16,17)15(2)3/h5-7,9,14H,8H2,1-4H3. The van der Waals surface area contributed by atoms with Gasteiger partial charge in [0.15, 0.2) is 0 Å². The van der Waals surface area contributed by atoms with Crippen LogP contribution in [-0.2, 0) is 14.8 Å². The number of nitrogens with zero attached hydrogens (tertiary/aromatic N) is 1. The van der Waals surface area contributed by atoms with E-state index in [0.717, 1.165) is 4.31 Å². The zero-order valence-electron chi connectivity index (χ0n) is 11.5. The van der Waals surface area contributed by atoms with Crippen molar-refractivity contribution in [2.24, 2.45) is 0 Å². The lowest BCUT2D eigenvalue weighted by Crippen LogP contribution is -2.23. The fourth-order valence-electron chi connectivity index (χ4n) is 1.54. The Labute approximate surface area is 119 Å². The number of hydrogen-bond acceptors (Lipinski definition) is 4. The molecule has 0 radical (unpaired) electrons. The summed E-state index contributed by atoms with van der Waals surface area (Å²) in [4.78, 5) is 0.174. The molecule has 0 saturated heterocycles. The third kappa shape index (κ3) is 4.07. The summed E-state index contributed by atoms with van der Waals surface area (Å²) in [6.07, 6.45) is 0. The first-order valence-electron chi connectivity index (χ1n) is 5.76. The van der Waals surface area contributed by atoms with Crippen LogP contribution in [0.3, 0.4) is 0 Å².